The second kappa shape index (κ2) is 13.4. The third kappa shape index (κ3) is 7.43. The Labute approximate surface area is 264 Å². The Morgan fingerprint density at radius 3 is 2.30 bits per heavy atom. The molecule has 1 saturated carbocycles. The quantitative estimate of drug-likeness (QED) is 0.224. The number of amides is 1. The zero-order valence-electron chi connectivity index (χ0n) is 23.9. The number of halogens is 2. The Morgan fingerprint density at radius 1 is 1.00 bits per heavy atom. The molecule has 1 saturated heterocycles. The summed E-state index contributed by atoms with van der Waals surface area (Å²) in [5.41, 5.74) is 1.57. The van der Waals surface area contributed by atoms with Gasteiger partial charge in [0.25, 0.3) is 0 Å². The van der Waals surface area contributed by atoms with Crippen molar-refractivity contribution in [3.63, 3.8) is 0 Å². The number of benzene rings is 3. The zero-order chi connectivity index (χ0) is 30.7. The van der Waals surface area contributed by atoms with Crippen LogP contribution >= 0.6 is 23.2 Å². The van der Waals surface area contributed by atoms with E-state index in [-0.39, 0.29) is 37.3 Å². The van der Waals surface area contributed by atoms with Crippen LogP contribution in [0, 0.1) is 11.3 Å². The summed E-state index contributed by atoms with van der Waals surface area (Å²) in [7, 11) is -2.93. The molecule has 43 heavy (non-hydrogen) atoms. The lowest BCUT2D eigenvalue weighted by atomic mass is 9.67. The van der Waals surface area contributed by atoms with E-state index in [0.29, 0.717) is 22.9 Å². The number of thiol groups is 1. The summed E-state index contributed by atoms with van der Waals surface area (Å²) in [6.07, 6.45) is 2.23. The Morgan fingerprint density at radius 2 is 1.70 bits per heavy atom. The van der Waals surface area contributed by atoms with Crippen molar-refractivity contribution in [1.29, 1.82) is 0 Å². The molecule has 4 unspecified atom stereocenters. The van der Waals surface area contributed by atoms with E-state index >= 15 is 0 Å². The molecular weight excluding hydrogens is 607 g/mol. The Balaban J connectivity index is 1.60. The van der Waals surface area contributed by atoms with Crippen molar-refractivity contribution < 1.29 is 23.1 Å². The van der Waals surface area contributed by atoms with E-state index in [0.717, 1.165) is 29.5 Å². The van der Waals surface area contributed by atoms with Gasteiger partial charge in [0.05, 0.1) is 17.9 Å². The molecule has 2 fully saturated rings. The smallest absolute Gasteiger partial charge is 0.304 e. The third-order valence-corrected chi connectivity index (χ3v) is 10.1. The number of carbonyl (C=O) groups excluding carboxylic acids is 1. The highest BCUT2D eigenvalue weighted by molar-refractivity contribution is 7.69. The van der Waals surface area contributed by atoms with Gasteiger partial charge >= 0.3 is 5.97 Å². The standard InChI is InChI=1S/C33H36Cl2N2O5S/c1-33(20-30(38)39)19-28(25-8-5-9-27(35)18-25)31(24-12-14-26(34)15-13-24)37(32(33)40)29(23-10-11-23)21-36(43(41)42)17-16-22-6-3-2-4-7-22/h2-9,12-15,18,23,28-29,31,43H,10-11,16-17,19-21H2,1H3,(H,38,39). The first-order valence-corrected chi connectivity index (χ1v) is 16.4. The topological polar surface area (TPSA) is 95.0 Å². The van der Waals surface area contributed by atoms with E-state index in [1.165, 1.54) is 4.31 Å². The number of likely N-dealkylation sites (tertiary alicyclic amines) is 1. The van der Waals surface area contributed by atoms with Gasteiger partial charge in [-0.1, -0.05) is 84.7 Å². The number of nitrogens with zero attached hydrogens (tertiary/aromatic N) is 2. The lowest BCUT2D eigenvalue weighted by molar-refractivity contribution is -0.161. The van der Waals surface area contributed by atoms with Crippen molar-refractivity contribution >= 4 is 46.0 Å². The molecule has 2 aliphatic rings. The molecule has 7 nitrogen and oxygen atoms in total. The molecule has 0 aromatic heterocycles. The van der Waals surface area contributed by atoms with Crippen LogP contribution in [0.25, 0.3) is 0 Å². The molecule has 0 radical (unpaired) electrons. The molecule has 0 bridgehead atoms. The largest absolute Gasteiger partial charge is 0.481 e. The van der Waals surface area contributed by atoms with Gasteiger partial charge in [-0.25, -0.2) is 12.7 Å². The van der Waals surface area contributed by atoms with E-state index < -0.39 is 34.4 Å². The normalized spacial score (nSPS) is 23.1. The van der Waals surface area contributed by atoms with Crippen LogP contribution in [0.3, 0.4) is 0 Å². The molecule has 1 aliphatic heterocycles. The summed E-state index contributed by atoms with van der Waals surface area (Å²) in [6.45, 7) is 2.14. The van der Waals surface area contributed by atoms with Crippen LogP contribution in [-0.2, 0) is 26.9 Å². The highest BCUT2D eigenvalue weighted by Gasteiger charge is 2.54. The number of rotatable bonds is 12. The predicted molar refractivity (Wildman–Crippen MR) is 169 cm³/mol. The highest BCUT2D eigenvalue weighted by atomic mass is 35.5. The minimum absolute atomic E-state index is 0.0973. The van der Waals surface area contributed by atoms with E-state index in [9.17, 15) is 23.1 Å². The first kappa shape index (κ1) is 31.5. The molecular formula is C33H36Cl2N2O5S. The fourth-order valence-corrected chi connectivity index (χ4v) is 7.44. The molecule has 4 atom stereocenters. The van der Waals surface area contributed by atoms with Crippen molar-refractivity contribution in [2.45, 2.75) is 57.0 Å². The highest BCUT2D eigenvalue weighted by Crippen LogP contribution is 2.54. The van der Waals surface area contributed by atoms with Crippen LogP contribution in [0.2, 0.25) is 10.0 Å². The fourth-order valence-electron chi connectivity index (χ4n) is 6.55. The van der Waals surface area contributed by atoms with Gasteiger partial charge < -0.3 is 10.0 Å². The van der Waals surface area contributed by atoms with Crippen LogP contribution in [-0.4, -0.2) is 53.7 Å². The molecule has 3 aromatic rings. The van der Waals surface area contributed by atoms with Crippen molar-refractivity contribution in [2.75, 3.05) is 13.1 Å². The van der Waals surface area contributed by atoms with Crippen LogP contribution in [0.4, 0.5) is 0 Å². The lowest BCUT2D eigenvalue weighted by Crippen LogP contribution is -2.59. The first-order valence-electron chi connectivity index (χ1n) is 14.5. The monoisotopic (exact) mass is 642 g/mol. The summed E-state index contributed by atoms with van der Waals surface area (Å²) in [5, 5.41) is 11.0. The van der Waals surface area contributed by atoms with Gasteiger partial charge in [-0.3, -0.25) is 9.59 Å². The van der Waals surface area contributed by atoms with E-state index in [4.69, 9.17) is 23.2 Å². The van der Waals surface area contributed by atoms with Gasteiger partial charge in [0.2, 0.25) is 16.8 Å². The number of hydrogen-bond acceptors (Lipinski definition) is 4. The summed E-state index contributed by atoms with van der Waals surface area (Å²) >= 11 is 12.7. The van der Waals surface area contributed by atoms with Crippen molar-refractivity contribution in [3.8, 4) is 0 Å². The number of carboxylic acids is 1. The van der Waals surface area contributed by atoms with E-state index in [1.807, 2.05) is 65.6 Å². The second-order valence-corrected chi connectivity index (χ2v) is 13.9. The van der Waals surface area contributed by atoms with E-state index in [1.54, 1.807) is 25.1 Å². The summed E-state index contributed by atoms with van der Waals surface area (Å²) < 4.78 is 26.6. The zero-order valence-corrected chi connectivity index (χ0v) is 26.3. The lowest BCUT2D eigenvalue weighted by Gasteiger charge is -2.52. The van der Waals surface area contributed by atoms with Crippen molar-refractivity contribution in [2.24, 2.45) is 11.3 Å². The van der Waals surface area contributed by atoms with Gasteiger partial charge in [-0.05, 0) is 72.6 Å². The maximum absolute atomic E-state index is 14.6. The van der Waals surface area contributed by atoms with Gasteiger partial charge in [0, 0.05) is 35.1 Å². The number of piperidine rings is 1. The predicted octanol–water partition coefficient (Wildman–Crippen LogP) is 6.38. The minimum atomic E-state index is -2.93. The second-order valence-electron chi connectivity index (χ2n) is 12.0. The van der Waals surface area contributed by atoms with Crippen molar-refractivity contribution in [1.82, 2.24) is 9.21 Å². The summed E-state index contributed by atoms with van der Waals surface area (Å²) in [5.74, 6) is -1.52. The van der Waals surface area contributed by atoms with Gasteiger partial charge in [0.15, 0.2) is 0 Å². The SMILES string of the molecule is CC1(CC(=O)O)CC(c2cccc(Cl)c2)C(c2ccc(Cl)cc2)N(C(CN(CCc2ccccc2)[SH](=O)=O)C2CC2)C1=O. The maximum atomic E-state index is 14.6. The van der Waals surface area contributed by atoms with Crippen LogP contribution in [0.1, 0.15) is 61.3 Å². The molecule has 1 amide bonds. The third-order valence-electron chi connectivity index (χ3n) is 8.79. The molecule has 3 aromatic carbocycles. The number of hydrogen-bond donors (Lipinski definition) is 2. The Kier molecular flexibility index (Phi) is 9.81. The Bertz CT molecular complexity index is 1520. The Hall–Kier alpha value is -2.91. The van der Waals surface area contributed by atoms with Crippen LogP contribution in [0.15, 0.2) is 78.9 Å². The fraction of sp³-hybridized carbons (Fsp3) is 0.394. The molecule has 5 rings (SSSR count). The van der Waals surface area contributed by atoms with Crippen LogP contribution in [0.5, 0.6) is 0 Å². The average molecular weight is 644 g/mol. The maximum Gasteiger partial charge on any atom is 0.304 e. The first-order chi connectivity index (χ1) is 20.6. The molecule has 0 spiro atoms. The van der Waals surface area contributed by atoms with E-state index in [2.05, 4.69) is 0 Å². The molecule has 10 heteroatoms. The summed E-state index contributed by atoms with van der Waals surface area (Å²) in [6, 6.07) is 23.6. The van der Waals surface area contributed by atoms with Gasteiger partial charge in [0.1, 0.15) is 0 Å². The number of aliphatic carboxylic acids is 1. The minimum Gasteiger partial charge on any atom is -0.481 e. The molecule has 1 aliphatic carbocycles. The molecule has 1 heterocycles. The average Bonchev–Trinajstić information content (AvgIpc) is 3.81. The van der Waals surface area contributed by atoms with Crippen molar-refractivity contribution in [3.05, 3.63) is 106 Å². The van der Waals surface area contributed by atoms with Gasteiger partial charge in [-0.2, -0.15) is 0 Å². The molecule has 228 valence electrons. The number of carbonyl (C=O) groups is 2. The number of carboxylic acid groups (broad SMARTS) is 1. The molecule has 1 N–H and O–H groups in total. The van der Waals surface area contributed by atoms with Crippen LogP contribution < -0.4 is 0 Å². The van der Waals surface area contributed by atoms with Gasteiger partial charge in [-0.15, -0.1) is 0 Å². The summed E-state index contributed by atoms with van der Waals surface area (Å²) in [4.78, 5) is 28.6.